The van der Waals surface area contributed by atoms with E-state index in [1.807, 2.05) is 0 Å². The molecule has 0 rings (SSSR count). The molecule has 7 heteroatoms. The number of carboxylic acid groups (broad SMARTS) is 1. The maximum Gasteiger partial charge on any atom is 0.320 e. The van der Waals surface area contributed by atoms with Gasteiger partial charge in [0.15, 0.2) is 0 Å². The normalized spacial score (nSPS) is 12.1. The molecule has 0 unspecified atom stereocenters. The Morgan fingerprint density at radius 3 is 2.37 bits per heavy atom. The van der Waals surface area contributed by atoms with Crippen molar-refractivity contribution in [3.05, 3.63) is 0 Å². The van der Waals surface area contributed by atoms with Gasteiger partial charge in [0.25, 0.3) is 0 Å². The number of carbonyl (C=O) groups is 2. The quantitative estimate of drug-likeness (QED) is 0.291. The summed E-state index contributed by atoms with van der Waals surface area (Å²) in [6.07, 6.45) is 3.18. The summed E-state index contributed by atoms with van der Waals surface area (Å²) >= 11 is 0. The van der Waals surface area contributed by atoms with E-state index in [1.165, 1.54) is 0 Å². The molecule has 112 valence electrons. The number of aliphatic carboxylic acids is 1. The van der Waals surface area contributed by atoms with Crippen molar-refractivity contribution in [1.82, 2.24) is 10.6 Å². The predicted octanol–water partition coefficient (Wildman–Crippen LogP) is -0.987. The third-order valence-corrected chi connectivity index (χ3v) is 2.66. The first-order valence-corrected chi connectivity index (χ1v) is 6.73. The van der Waals surface area contributed by atoms with E-state index in [1.54, 1.807) is 0 Å². The van der Waals surface area contributed by atoms with Crippen LogP contribution in [0, 0.1) is 0 Å². The second-order valence-corrected chi connectivity index (χ2v) is 4.43. The number of nitrogens with two attached hydrogens (primary N) is 2. The lowest BCUT2D eigenvalue weighted by molar-refractivity contribution is -0.138. The van der Waals surface area contributed by atoms with E-state index in [0.717, 1.165) is 32.4 Å². The van der Waals surface area contributed by atoms with Crippen LogP contribution in [0.5, 0.6) is 0 Å². The van der Waals surface area contributed by atoms with Crippen molar-refractivity contribution in [3.63, 3.8) is 0 Å². The monoisotopic (exact) mass is 274 g/mol. The number of unbranched alkanes of at least 4 members (excludes halogenated alkanes) is 1. The highest BCUT2D eigenvalue weighted by Crippen LogP contribution is 1.95. The SMILES string of the molecule is NCCCNCCCCNC(=O)CC[C@H](N)C(=O)O. The fourth-order valence-electron chi connectivity index (χ4n) is 1.45. The van der Waals surface area contributed by atoms with Gasteiger partial charge in [-0.05, 0) is 45.3 Å². The molecule has 19 heavy (non-hydrogen) atoms. The first-order valence-electron chi connectivity index (χ1n) is 6.73. The van der Waals surface area contributed by atoms with Crippen LogP contribution in [0.25, 0.3) is 0 Å². The Hall–Kier alpha value is -1.18. The zero-order chi connectivity index (χ0) is 14.5. The molecule has 0 aromatic rings. The molecule has 0 bridgehead atoms. The Bertz CT molecular complexity index is 261. The third-order valence-electron chi connectivity index (χ3n) is 2.66. The molecular weight excluding hydrogens is 248 g/mol. The molecule has 0 aliphatic carbocycles. The van der Waals surface area contributed by atoms with E-state index in [4.69, 9.17) is 16.6 Å². The summed E-state index contributed by atoms with van der Waals surface area (Å²) in [5.41, 5.74) is 10.7. The maximum absolute atomic E-state index is 11.4. The standard InChI is InChI=1S/C12H26N4O3/c13-6-3-8-15-7-1-2-9-16-11(17)5-4-10(14)12(18)19/h10,15H,1-9,13-14H2,(H,16,17)(H,18,19)/t10-/m0/s1. The van der Waals surface area contributed by atoms with Crippen molar-refractivity contribution in [2.24, 2.45) is 11.5 Å². The summed E-state index contributed by atoms with van der Waals surface area (Å²) in [6, 6.07) is -0.961. The average Bonchev–Trinajstić information content (AvgIpc) is 2.38. The van der Waals surface area contributed by atoms with Gasteiger partial charge in [0.1, 0.15) is 6.04 Å². The Labute approximate surface area is 114 Å². The van der Waals surface area contributed by atoms with Crippen LogP contribution >= 0.6 is 0 Å². The van der Waals surface area contributed by atoms with Crippen LogP contribution in [-0.2, 0) is 9.59 Å². The second kappa shape index (κ2) is 11.9. The maximum atomic E-state index is 11.4. The highest BCUT2D eigenvalue weighted by atomic mass is 16.4. The average molecular weight is 274 g/mol. The van der Waals surface area contributed by atoms with Gasteiger partial charge in [0.05, 0.1) is 0 Å². The summed E-state index contributed by atoms with van der Waals surface area (Å²) in [5.74, 6) is -1.22. The van der Waals surface area contributed by atoms with Crippen LogP contribution < -0.4 is 22.1 Å². The van der Waals surface area contributed by atoms with Crippen molar-refractivity contribution in [2.75, 3.05) is 26.2 Å². The first-order chi connectivity index (χ1) is 9.07. The Kier molecular flexibility index (Phi) is 11.1. The summed E-state index contributed by atoms with van der Waals surface area (Å²) in [5, 5.41) is 14.6. The van der Waals surface area contributed by atoms with Crippen LogP contribution in [0.1, 0.15) is 32.1 Å². The smallest absolute Gasteiger partial charge is 0.320 e. The Balaban J connectivity index is 3.32. The van der Waals surface area contributed by atoms with Gasteiger partial charge in [-0.25, -0.2) is 0 Å². The van der Waals surface area contributed by atoms with Gasteiger partial charge in [-0.1, -0.05) is 0 Å². The van der Waals surface area contributed by atoms with Crippen LogP contribution in [0.4, 0.5) is 0 Å². The molecule has 0 aromatic heterocycles. The van der Waals surface area contributed by atoms with Gasteiger partial charge in [-0.2, -0.15) is 0 Å². The molecule has 0 saturated heterocycles. The molecule has 7 nitrogen and oxygen atoms in total. The molecule has 0 spiro atoms. The van der Waals surface area contributed by atoms with Gasteiger partial charge in [0.2, 0.25) is 5.91 Å². The molecule has 0 heterocycles. The van der Waals surface area contributed by atoms with E-state index in [-0.39, 0.29) is 18.7 Å². The molecular formula is C12H26N4O3. The van der Waals surface area contributed by atoms with Crippen molar-refractivity contribution in [1.29, 1.82) is 0 Å². The zero-order valence-electron chi connectivity index (χ0n) is 11.4. The molecule has 0 aliphatic rings. The van der Waals surface area contributed by atoms with E-state index in [2.05, 4.69) is 10.6 Å². The minimum absolute atomic E-state index is 0.146. The Morgan fingerprint density at radius 2 is 1.74 bits per heavy atom. The molecule has 0 saturated carbocycles. The number of hydrogen-bond donors (Lipinski definition) is 5. The van der Waals surface area contributed by atoms with Crippen LogP contribution in [-0.4, -0.2) is 49.2 Å². The van der Waals surface area contributed by atoms with Crippen molar-refractivity contribution in [2.45, 2.75) is 38.1 Å². The number of amides is 1. The number of rotatable bonds is 12. The van der Waals surface area contributed by atoms with Gasteiger partial charge in [-0.15, -0.1) is 0 Å². The molecule has 7 N–H and O–H groups in total. The van der Waals surface area contributed by atoms with Crippen molar-refractivity contribution < 1.29 is 14.7 Å². The number of nitrogens with one attached hydrogen (secondary N) is 2. The lowest BCUT2D eigenvalue weighted by Gasteiger charge is -2.07. The highest BCUT2D eigenvalue weighted by molar-refractivity contribution is 5.78. The summed E-state index contributed by atoms with van der Waals surface area (Å²) in [4.78, 5) is 21.8. The fraction of sp³-hybridized carbons (Fsp3) is 0.833. The summed E-state index contributed by atoms with van der Waals surface area (Å²) < 4.78 is 0. The minimum atomic E-state index is -1.07. The van der Waals surface area contributed by atoms with Gasteiger partial charge in [-0.3, -0.25) is 9.59 Å². The van der Waals surface area contributed by atoms with Crippen molar-refractivity contribution in [3.8, 4) is 0 Å². The summed E-state index contributed by atoms with van der Waals surface area (Å²) in [7, 11) is 0. The van der Waals surface area contributed by atoms with Crippen molar-refractivity contribution >= 4 is 11.9 Å². The summed E-state index contributed by atoms with van der Waals surface area (Å²) in [6.45, 7) is 3.15. The highest BCUT2D eigenvalue weighted by Gasteiger charge is 2.12. The predicted molar refractivity (Wildman–Crippen MR) is 73.6 cm³/mol. The van der Waals surface area contributed by atoms with Crippen LogP contribution in [0.3, 0.4) is 0 Å². The molecule has 1 atom stereocenters. The lowest BCUT2D eigenvalue weighted by Crippen LogP contribution is -2.33. The van der Waals surface area contributed by atoms with E-state index >= 15 is 0 Å². The topological polar surface area (TPSA) is 130 Å². The molecule has 0 aromatic carbocycles. The van der Waals surface area contributed by atoms with E-state index in [0.29, 0.717) is 13.1 Å². The fourth-order valence-corrected chi connectivity index (χ4v) is 1.45. The van der Waals surface area contributed by atoms with Crippen LogP contribution in [0.2, 0.25) is 0 Å². The lowest BCUT2D eigenvalue weighted by atomic mass is 10.1. The van der Waals surface area contributed by atoms with Gasteiger partial charge < -0.3 is 27.2 Å². The zero-order valence-corrected chi connectivity index (χ0v) is 11.4. The van der Waals surface area contributed by atoms with E-state index in [9.17, 15) is 9.59 Å². The second-order valence-electron chi connectivity index (χ2n) is 4.43. The molecule has 1 amide bonds. The molecule has 0 aliphatic heterocycles. The van der Waals surface area contributed by atoms with Gasteiger partial charge >= 0.3 is 5.97 Å². The third kappa shape index (κ3) is 11.6. The number of carbonyl (C=O) groups excluding carboxylic acids is 1. The Morgan fingerprint density at radius 1 is 1.11 bits per heavy atom. The van der Waals surface area contributed by atoms with Crippen LogP contribution in [0.15, 0.2) is 0 Å². The van der Waals surface area contributed by atoms with Gasteiger partial charge in [0, 0.05) is 13.0 Å². The minimum Gasteiger partial charge on any atom is -0.480 e. The largest absolute Gasteiger partial charge is 0.480 e. The number of carboxylic acids is 1. The number of hydrogen-bond acceptors (Lipinski definition) is 5. The molecule has 0 radical (unpaired) electrons. The first kappa shape index (κ1) is 17.8. The van der Waals surface area contributed by atoms with E-state index < -0.39 is 12.0 Å². The molecule has 0 fully saturated rings.